The fraction of sp³-hybridized carbons (Fsp3) is 1.00. The first kappa shape index (κ1) is 32.3. The molecule has 0 aliphatic carbocycles. The first-order chi connectivity index (χ1) is 14.3. The van der Waals surface area contributed by atoms with E-state index in [9.17, 15) is 0 Å². The number of hydrogen-bond donors (Lipinski definition) is 4. The number of nitrogens with two attached hydrogens (primary N) is 1. The Morgan fingerprint density at radius 1 is 0.533 bits per heavy atom. The van der Waals surface area contributed by atoms with Crippen molar-refractivity contribution in [1.29, 1.82) is 0 Å². The third kappa shape index (κ3) is 38.6. The Labute approximate surface area is 187 Å². The van der Waals surface area contributed by atoms with Gasteiger partial charge in [0.1, 0.15) is 0 Å². The molecule has 0 bridgehead atoms. The molecule has 6 heteroatoms. The van der Waals surface area contributed by atoms with Gasteiger partial charge < -0.3 is 20.4 Å². The Bertz CT molecular complexity index is 355. The van der Waals surface area contributed by atoms with E-state index in [1.165, 1.54) is 135 Å². The second-order valence-corrected chi connectivity index (χ2v) is 9.89. The van der Waals surface area contributed by atoms with Crippen LogP contribution in [0.5, 0.6) is 0 Å². The highest BCUT2D eigenvalue weighted by atomic mass is 31.2. The van der Waals surface area contributed by atoms with Crippen LogP contribution < -0.4 is 5.73 Å². The molecule has 0 aromatic carbocycles. The second-order valence-electron chi connectivity index (χ2n) is 8.86. The van der Waals surface area contributed by atoms with Gasteiger partial charge in [0, 0.05) is 6.04 Å². The van der Waals surface area contributed by atoms with E-state index in [1.807, 2.05) is 0 Å². The van der Waals surface area contributed by atoms with Gasteiger partial charge in [-0.3, -0.25) is 0 Å². The number of rotatable bonds is 21. The summed E-state index contributed by atoms with van der Waals surface area (Å²) >= 11 is 0. The summed E-state index contributed by atoms with van der Waals surface area (Å²) in [6.45, 7) is 4.58. The Kier molecular flexibility index (Phi) is 27.2. The van der Waals surface area contributed by atoms with Crippen molar-refractivity contribution in [2.75, 3.05) is 0 Å². The molecular weight excluding hydrogens is 397 g/mol. The molecule has 0 heterocycles. The zero-order valence-corrected chi connectivity index (χ0v) is 21.1. The molecule has 0 aromatic heterocycles. The molecule has 5 N–H and O–H groups in total. The fourth-order valence-corrected chi connectivity index (χ4v) is 3.76. The summed E-state index contributed by atoms with van der Waals surface area (Å²) in [5.74, 6) is 0. The summed E-state index contributed by atoms with van der Waals surface area (Å²) < 4.78 is 8.88. The Hall–Kier alpha value is 0.0700. The van der Waals surface area contributed by atoms with Crippen LogP contribution in [0, 0.1) is 0 Å². The summed E-state index contributed by atoms with van der Waals surface area (Å²) in [5, 5.41) is 0. The smallest absolute Gasteiger partial charge is 0.328 e. The molecule has 1 atom stereocenters. The van der Waals surface area contributed by atoms with E-state index in [2.05, 4.69) is 13.8 Å². The van der Waals surface area contributed by atoms with Crippen LogP contribution in [0.15, 0.2) is 0 Å². The predicted octanol–water partition coefficient (Wildman–Crippen LogP) is 7.62. The van der Waals surface area contributed by atoms with Crippen molar-refractivity contribution in [2.45, 2.75) is 155 Å². The molecule has 0 spiro atoms. The average Bonchev–Trinajstić information content (AvgIpc) is 2.67. The van der Waals surface area contributed by atoms with Gasteiger partial charge in [0.2, 0.25) is 0 Å². The summed E-state index contributed by atoms with van der Waals surface area (Å²) in [6.07, 6.45) is 29.5. The monoisotopic (exact) mass is 451 g/mol. The molecule has 0 fully saturated rings. The lowest BCUT2D eigenvalue weighted by atomic mass is 10.0. The molecule has 0 aliphatic heterocycles. The van der Waals surface area contributed by atoms with Gasteiger partial charge in [0.25, 0.3) is 0 Å². The van der Waals surface area contributed by atoms with E-state index in [0.29, 0.717) is 6.04 Å². The molecule has 0 aromatic rings. The fourth-order valence-electron chi connectivity index (χ4n) is 3.76. The highest BCUT2D eigenvalue weighted by Crippen LogP contribution is 2.25. The highest BCUT2D eigenvalue weighted by molar-refractivity contribution is 7.45. The van der Waals surface area contributed by atoms with Crippen LogP contribution in [0.2, 0.25) is 0 Å². The number of unbranched alkanes of at least 4 members (excludes halogenated alkanes) is 17. The highest BCUT2D eigenvalue weighted by Gasteiger charge is 2.02. The van der Waals surface area contributed by atoms with E-state index in [1.54, 1.807) is 0 Å². The third-order valence-electron chi connectivity index (χ3n) is 5.61. The standard InChI is InChI=1S/C24H51N.H3O4P/c1-3-5-7-9-11-13-15-17-19-21-23-24(25)22-20-18-16-14-12-10-8-6-4-2;1-5(2,3)4/h24H,3-23,25H2,1-2H3;(H3,1,2,3,4). The molecule has 5 nitrogen and oxygen atoms in total. The lowest BCUT2D eigenvalue weighted by Crippen LogP contribution is -2.19. The maximum atomic E-state index is 8.88. The molecule has 0 saturated carbocycles. The van der Waals surface area contributed by atoms with Crippen LogP contribution in [-0.4, -0.2) is 20.7 Å². The van der Waals surface area contributed by atoms with Crippen molar-refractivity contribution in [3.8, 4) is 0 Å². The summed E-state index contributed by atoms with van der Waals surface area (Å²) in [5.41, 5.74) is 6.28. The van der Waals surface area contributed by atoms with Gasteiger partial charge in [-0.2, -0.15) is 0 Å². The van der Waals surface area contributed by atoms with Crippen LogP contribution >= 0.6 is 7.82 Å². The van der Waals surface area contributed by atoms with Gasteiger partial charge in [-0.1, -0.05) is 136 Å². The topological polar surface area (TPSA) is 104 Å². The van der Waals surface area contributed by atoms with Crippen molar-refractivity contribution in [2.24, 2.45) is 5.73 Å². The number of phosphoric acid groups is 1. The molecule has 1 unspecified atom stereocenters. The quantitative estimate of drug-likeness (QED) is 0.106. The van der Waals surface area contributed by atoms with Gasteiger partial charge in [-0.25, -0.2) is 4.57 Å². The predicted molar refractivity (Wildman–Crippen MR) is 131 cm³/mol. The normalized spacial score (nSPS) is 12.5. The van der Waals surface area contributed by atoms with Crippen molar-refractivity contribution < 1.29 is 19.2 Å². The average molecular weight is 452 g/mol. The minimum atomic E-state index is -4.64. The minimum absolute atomic E-state index is 0.471. The maximum Gasteiger partial charge on any atom is 0.466 e. The molecule has 30 heavy (non-hydrogen) atoms. The van der Waals surface area contributed by atoms with Crippen molar-refractivity contribution in [1.82, 2.24) is 0 Å². The van der Waals surface area contributed by atoms with Crippen molar-refractivity contribution >= 4 is 7.82 Å². The first-order valence-electron chi connectivity index (χ1n) is 12.8. The third-order valence-corrected chi connectivity index (χ3v) is 5.61. The molecule has 0 amide bonds. The lowest BCUT2D eigenvalue weighted by Gasteiger charge is -2.11. The Morgan fingerprint density at radius 3 is 0.967 bits per heavy atom. The summed E-state index contributed by atoms with van der Waals surface area (Å²) in [4.78, 5) is 21.6. The Morgan fingerprint density at radius 2 is 0.733 bits per heavy atom. The van der Waals surface area contributed by atoms with E-state index in [4.69, 9.17) is 25.0 Å². The molecule has 0 saturated heterocycles. The minimum Gasteiger partial charge on any atom is -0.328 e. The van der Waals surface area contributed by atoms with Gasteiger partial charge in [-0.15, -0.1) is 0 Å². The van der Waals surface area contributed by atoms with E-state index >= 15 is 0 Å². The van der Waals surface area contributed by atoms with Gasteiger partial charge in [0.15, 0.2) is 0 Å². The summed E-state index contributed by atoms with van der Waals surface area (Å²) in [6, 6.07) is 0.471. The molecule has 0 rings (SSSR count). The van der Waals surface area contributed by atoms with Crippen LogP contribution in [0.1, 0.15) is 149 Å². The van der Waals surface area contributed by atoms with Crippen LogP contribution in [0.4, 0.5) is 0 Å². The van der Waals surface area contributed by atoms with Crippen molar-refractivity contribution in [3.63, 3.8) is 0 Å². The van der Waals surface area contributed by atoms with Crippen LogP contribution in [-0.2, 0) is 4.57 Å². The lowest BCUT2D eigenvalue weighted by molar-refractivity contribution is 0.275. The van der Waals surface area contributed by atoms with Gasteiger partial charge in [-0.05, 0) is 12.8 Å². The summed E-state index contributed by atoms with van der Waals surface area (Å²) in [7, 11) is -4.64. The van der Waals surface area contributed by atoms with E-state index in [0.717, 1.165) is 0 Å². The largest absolute Gasteiger partial charge is 0.466 e. The molecule has 184 valence electrons. The van der Waals surface area contributed by atoms with Crippen molar-refractivity contribution in [3.05, 3.63) is 0 Å². The first-order valence-corrected chi connectivity index (χ1v) is 14.4. The van der Waals surface area contributed by atoms with Gasteiger partial charge >= 0.3 is 7.82 Å². The molecule has 0 aliphatic rings. The van der Waals surface area contributed by atoms with Gasteiger partial charge in [0.05, 0.1) is 0 Å². The SMILES string of the molecule is CCCCCCCCCCCCC(N)CCCCCCCCCCC.O=P(O)(O)O. The second kappa shape index (κ2) is 25.3. The molecular formula is C24H54NO4P. The van der Waals surface area contributed by atoms with E-state index < -0.39 is 7.82 Å². The Balaban J connectivity index is 0. The van der Waals surface area contributed by atoms with Crippen LogP contribution in [0.25, 0.3) is 0 Å². The maximum absolute atomic E-state index is 8.88. The van der Waals surface area contributed by atoms with Crippen LogP contribution in [0.3, 0.4) is 0 Å². The number of hydrogen-bond acceptors (Lipinski definition) is 2. The zero-order chi connectivity index (χ0) is 22.9. The molecule has 0 radical (unpaired) electrons. The van der Waals surface area contributed by atoms with E-state index in [-0.39, 0.29) is 0 Å². The zero-order valence-electron chi connectivity index (χ0n) is 20.2.